The number of fused-ring (bicyclic) bond motifs is 3. The summed E-state index contributed by atoms with van der Waals surface area (Å²) in [5.74, 6) is 0.765. The Bertz CT molecular complexity index is 1310. The number of ether oxygens (including phenoxy) is 3. The molecule has 188 valence electrons. The molecule has 10 heteroatoms. The van der Waals surface area contributed by atoms with Crippen LogP contribution in [-0.4, -0.2) is 64.4 Å². The third-order valence-corrected chi connectivity index (χ3v) is 6.51. The van der Waals surface area contributed by atoms with Gasteiger partial charge in [-0.25, -0.2) is 4.79 Å². The molecule has 2 aromatic heterocycles. The summed E-state index contributed by atoms with van der Waals surface area (Å²) < 4.78 is 16.4. The monoisotopic (exact) mass is 509 g/mol. The summed E-state index contributed by atoms with van der Waals surface area (Å²) in [6.45, 7) is 2.33. The van der Waals surface area contributed by atoms with Crippen LogP contribution in [0.2, 0.25) is 5.02 Å². The van der Waals surface area contributed by atoms with Gasteiger partial charge in [0.25, 0.3) is 0 Å². The summed E-state index contributed by atoms with van der Waals surface area (Å²) >= 11 is 6.29. The van der Waals surface area contributed by atoms with Crippen molar-refractivity contribution in [3.8, 4) is 5.75 Å². The SMILES string of the molecule is COCCOC(=O)N1CCc2c([nH]c3ccc(Cl)cc23)C1c1ccc(OCCCn2nccn2)cc1. The number of nitrogens with one attached hydrogen (secondary N) is 1. The van der Waals surface area contributed by atoms with Gasteiger partial charge in [-0.3, -0.25) is 4.90 Å². The van der Waals surface area contributed by atoms with Crippen molar-refractivity contribution in [3.05, 3.63) is 76.7 Å². The zero-order valence-corrected chi connectivity index (χ0v) is 20.8. The Morgan fingerprint density at radius 3 is 2.69 bits per heavy atom. The largest absolute Gasteiger partial charge is 0.494 e. The van der Waals surface area contributed by atoms with Gasteiger partial charge in [0.2, 0.25) is 0 Å². The van der Waals surface area contributed by atoms with Gasteiger partial charge in [-0.1, -0.05) is 23.7 Å². The molecule has 0 aliphatic carbocycles. The predicted octanol–water partition coefficient (Wildman–Crippen LogP) is 4.61. The first-order valence-electron chi connectivity index (χ1n) is 11.9. The quantitative estimate of drug-likeness (QED) is 0.331. The summed E-state index contributed by atoms with van der Waals surface area (Å²) in [4.78, 5) is 20.0. The van der Waals surface area contributed by atoms with Crippen LogP contribution in [0.4, 0.5) is 4.79 Å². The summed E-state index contributed by atoms with van der Waals surface area (Å²) in [6.07, 6.45) is 4.45. The number of benzene rings is 2. The number of aromatic amines is 1. The van der Waals surface area contributed by atoms with Crippen molar-refractivity contribution < 1.29 is 19.0 Å². The molecule has 0 fully saturated rings. The van der Waals surface area contributed by atoms with Gasteiger partial charge in [0.1, 0.15) is 18.4 Å². The molecule has 0 saturated heterocycles. The molecule has 1 atom stereocenters. The molecule has 1 amide bonds. The maximum Gasteiger partial charge on any atom is 0.410 e. The van der Waals surface area contributed by atoms with Crippen LogP contribution in [0.15, 0.2) is 54.9 Å². The molecule has 4 aromatic rings. The van der Waals surface area contributed by atoms with E-state index in [1.807, 2.05) is 42.5 Å². The lowest BCUT2D eigenvalue weighted by molar-refractivity contribution is 0.0629. The highest BCUT2D eigenvalue weighted by Crippen LogP contribution is 2.39. The molecule has 0 radical (unpaired) electrons. The van der Waals surface area contributed by atoms with E-state index < -0.39 is 0 Å². The van der Waals surface area contributed by atoms with Gasteiger partial charge >= 0.3 is 6.09 Å². The number of hydrogen-bond acceptors (Lipinski definition) is 6. The topological polar surface area (TPSA) is 94.5 Å². The predicted molar refractivity (Wildman–Crippen MR) is 135 cm³/mol. The third-order valence-electron chi connectivity index (χ3n) is 6.27. The Morgan fingerprint density at radius 1 is 1.11 bits per heavy atom. The lowest BCUT2D eigenvalue weighted by Gasteiger charge is -2.35. The minimum Gasteiger partial charge on any atom is -0.494 e. The van der Waals surface area contributed by atoms with Crippen LogP contribution in [0, 0.1) is 0 Å². The number of rotatable bonds is 9. The van der Waals surface area contributed by atoms with Crippen LogP contribution in [0.1, 0.15) is 29.3 Å². The first kappa shape index (κ1) is 24.1. The Balaban J connectivity index is 1.37. The summed E-state index contributed by atoms with van der Waals surface area (Å²) in [6, 6.07) is 13.4. The highest BCUT2D eigenvalue weighted by molar-refractivity contribution is 6.31. The van der Waals surface area contributed by atoms with E-state index in [1.165, 1.54) is 5.56 Å². The Labute approximate surface area is 213 Å². The Kier molecular flexibility index (Phi) is 7.39. The molecule has 1 unspecified atom stereocenters. The highest BCUT2D eigenvalue weighted by Gasteiger charge is 2.35. The van der Waals surface area contributed by atoms with Gasteiger partial charge in [0.15, 0.2) is 0 Å². The van der Waals surface area contributed by atoms with Gasteiger partial charge in [0.05, 0.1) is 32.2 Å². The van der Waals surface area contributed by atoms with Crippen LogP contribution < -0.4 is 4.74 Å². The molecule has 36 heavy (non-hydrogen) atoms. The highest BCUT2D eigenvalue weighted by atomic mass is 35.5. The smallest absolute Gasteiger partial charge is 0.410 e. The summed E-state index contributed by atoms with van der Waals surface area (Å²) in [7, 11) is 1.58. The molecule has 3 heterocycles. The normalized spacial score (nSPS) is 15.2. The second-order valence-corrected chi connectivity index (χ2v) is 8.99. The number of methoxy groups -OCH3 is 1. The van der Waals surface area contributed by atoms with Gasteiger partial charge in [0, 0.05) is 41.7 Å². The number of carbonyl (C=O) groups excluding carboxylic acids is 1. The van der Waals surface area contributed by atoms with Crippen molar-refractivity contribution in [1.82, 2.24) is 24.9 Å². The molecule has 0 spiro atoms. The van der Waals surface area contributed by atoms with E-state index >= 15 is 0 Å². The second kappa shape index (κ2) is 11.0. The van der Waals surface area contributed by atoms with Gasteiger partial charge in [-0.05, 0) is 47.9 Å². The summed E-state index contributed by atoms with van der Waals surface area (Å²) in [5, 5.41) is 9.97. The molecule has 0 bridgehead atoms. The van der Waals surface area contributed by atoms with Gasteiger partial charge in [-0.2, -0.15) is 15.0 Å². The van der Waals surface area contributed by atoms with E-state index in [0.29, 0.717) is 37.7 Å². The number of halogens is 1. The molecule has 5 rings (SSSR count). The van der Waals surface area contributed by atoms with Crippen LogP contribution in [0.3, 0.4) is 0 Å². The number of aromatic nitrogens is 4. The number of nitrogens with zero attached hydrogens (tertiary/aromatic N) is 4. The summed E-state index contributed by atoms with van der Waals surface area (Å²) in [5.41, 5.74) is 4.11. The molecule has 1 aliphatic heterocycles. The maximum absolute atomic E-state index is 13.1. The zero-order chi connectivity index (χ0) is 24.9. The standard InChI is InChI=1S/C26H28ClN5O4/c1-34-15-16-36-26(33)31-13-9-21-22-17-19(27)5-8-23(22)30-24(21)25(31)18-3-6-20(7-4-18)35-14-2-12-32-28-10-11-29-32/h3-8,10-11,17,25,30H,2,9,12-16H2,1H3. The molecule has 1 aliphatic rings. The minimum atomic E-state index is -0.369. The Hall–Kier alpha value is -3.56. The van der Waals surface area contributed by atoms with Crippen molar-refractivity contribution in [2.75, 3.05) is 33.5 Å². The molecule has 1 N–H and O–H groups in total. The molecule has 0 saturated carbocycles. The number of hydrogen-bond donors (Lipinski definition) is 1. The lowest BCUT2D eigenvalue weighted by atomic mass is 9.92. The first-order valence-corrected chi connectivity index (χ1v) is 12.3. The Morgan fingerprint density at radius 2 is 1.92 bits per heavy atom. The number of amides is 1. The van der Waals surface area contributed by atoms with E-state index in [0.717, 1.165) is 34.3 Å². The van der Waals surface area contributed by atoms with Crippen LogP contribution >= 0.6 is 11.6 Å². The zero-order valence-electron chi connectivity index (χ0n) is 20.0. The van der Waals surface area contributed by atoms with Crippen molar-refractivity contribution in [2.24, 2.45) is 0 Å². The second-order valence-electron chi connectivity index (χ2n) is 8.56. The number of H-pyrrole nitrogens is 1. The third kappa shape index (κ3) is 5.17. The molecule has 2 aromatic carbocycles. The van der Waals surface area contributed by atoms with E-state index in [4.69, 9.17) is 25.8 Å². The van der Waals surface area contributed by atoms with Crippen molar-refractivity contribution in [2.45, 2.75) is 25.4 Å². The van der Waals surface area contributed by atoms with E-state index in [-0.39, 0.29) is 18.7 Å². The average molecular weight is 510 g/mol. The molecule has 9 nitrogen and oxygen atoms in total. The number of carbonyl (C=O) groups is 1. The van der Waals surface area contributed by atoms with E-state index in [1.54, 1.807) is 29.2 Å². The maximum atomic E-state index is 13.1. The van der Waals surface area contributed by atoms with Crippen LogP contribution in [0.5, 0.6) is 5.75 Å². The van der Waals surface area contributed by atoms with Gasteiger partial charge < -0.3 is 19.2 Å². The van der Waals surface area contributed by atoms with Crippen LogP contribution in [-0.2, 0) is 22.4 Å². The fraction of sp³-hybridized carbons (Fsp3) is 0.346. The molecular weight excluding hydrogens is 482 g/mol. The fourth-order valence-corrected chi connectivity index (χ4v) is 4.77. The average Bonchev–Trinajstić information content (AvgIpc) is 3.54. The van der Waals surface area contributed by atoms with Crippen LogP contribution in [0.25, 0.3) is 10.9 Å². The van der Waals surface area contributed by atoms with Crippen molar-refractivity contribution >= 4 is 28.6 Å². The van der Waals surface area contributed by atoms with Gasteiger partial charge in [-0.15, -0.1) is 0 Å². The van der Waals surface area contributed by atoms with Crippen molar-refractivity contribution in [3.63, 3.8) is 0 Å². The number of aryl methyl sites for hydroxylation is 1. The minimum absolute atomic E-state index is 0.203. The lowest BCUT2D eigenvalue weighted by Crippen LogP contribution is -2.41. The van der Waals surface area contributed by atoms with Crippen molar-refractivity contribution in [1.29, 1.82) is 0 Å². The van der Waals surface area contributed by atoms with E-state index in [9.17, 15) is 4.79 Å². The first-order chi connectivity index (χ1) is 17.6. The molecular formula is C26H28ClN5O4. The van der Waals surface area contributed by atoms with E-state index in [2.05, 4.69) is 15.2 Å². The fourth-order valence-electron chi connectivity index (χ4n) is 4.60.